The van der Waals surface area contributed by atoms with Crippen molar-refractivity contribution in [3.05, 3.63) is 35.9 Å². The van der Waals surface area contributed by atoms with Crippen LogP contribution in [0.2, 0.25) is 0 Å². The number of hydrogen-bond acceptors (Lipinski definition) is 2. The second kappa shape index (κ2) is 8.70. The largest absolute Gasteiger partial charge is 0.352 e. The maximum atomic E-state index is 11.7. The fraction of sp³-hybridized carbons (Fsp3) is 0.533. The Kier molecular flexibility index (Phi) is 7.11. The fourth-order valence-corrected chi connectivity index (χ4v) is 1.93. The van der Waals surface area contributed by atoms with Crippen LogP contribution in [0.3, 0.4) is 0 Å². The van der Waals surface area contributed by atoms with Crippen LogP contribution in [0.25, 0.3) is 0 Å². The maximum Gasteiger partial charge on any atom is 0.220 e. The standard InChI is InChI=1S/C15H24N2O/c1-2-3-5-10-15(18)17-14(12-16)11-13-8-6-4-7-9-13/h4,6-9,14H,2-3,5,10-12,16H2,1H3,(H,17,18). The van der Waals surface area contributed by atoms with Crippen molar-refractivity contribution >= 4 is 5.91 Å². The van der Waals surface area contributed by atoms with E-state index in [1.54, 1.807) is 0 Å². The molecular weight excluding hydrogens is 224 g/mol. The Morgan fingerprint density at radius 1 is 1.28 bits per heavy atom. The molecule has 1 aromatic rings. The summed E-state index contributed by atoms with van der Waals surface area (Å²) >= 11 is 0. The summed E-state index contributed by atoms with van der Waals surface area (Å²) in [6.45, 7) is 2.62. The van der Waals surface area contributed by atoms with Crippen LogP contribution in [0.1, 0.15) is 38.2 Å². The summed E-state index contributed by atoms with van der Waals surface area (Å²) in [6, 6.07) is 10.2. The number of amides is 1. The van der Waals surface area contributed by atoms with E-state index in [2.05, 4.69) is 24.4 Å². The van der Waals surface area contributed by atoms with Crippen LogP contribution >= 0.6 is 0 Å². The molecule has 1 unspecified atom stereocenters. The molecule has 0 saturated heterocycles. The van der Waals surface area contributed by atoms with Crippen molar-refractivity contribution in [1.82, 2.24) is 5.32 Å². The van der Waals surface area contributed by atoms with E-state index in [1.807, 2.05) is 18.2 Å². The molecule has 1 rings (SSSR count). The van der Waals surface area contributed by atoms with Crippen molar-refractivity contribution in [3.63, 3.8) is 0 Å². The van der Waals surface area contributed by atoms with Gasteiger partial charge in [0.1, 0.15) is 0 Å². The van der Waals surface area contributed by atoms with Crippen LogP contribution in [-0.2, 0) is 11.2 Å². The summed E-state index contributed by atoms with van der Waals surface area (Å²) in [5, 5.41) is 3.01. The van der Waals surface area contributed by atoms with Crippen molar-refractivity contribution in [1.29, 1.82) is 0 Å². The quantitative estimate of drug-likeness (QED) is 0.693. The van der Waals surface area contributed by atoms with Crippen molar-refractivity contribution in [2.75, 3.05) is 6.54 Å². The Hall–Kier alpha value is -1.35. The van der Waals surface area contributed by atoms with Gasteiger partial charge in [-0.25, -0.2) is 0 Å². The van der Waals surface area contributed by atoms with Crippen LogP contribution in [0, 0.1) is 0 Å². The summed E-state index contributed by atoms with van der Waals surface area (Å²) in [6.07, 6.45) is 4.62. The fourth-order valence-electron chi connectivity index (χ4n) is 1.93. The molecule has 1 aromatic carbocycles. The van der Waals surface area contributed by atoms with E-state index < -0.39 is 0 Å². The number of rotatable bonds is 8. The van der Waals surface area contributed by atoms with Crippen LogP contribution in [-0.4, -0.2) is 18.5 Å². The van der Waals surface area contributed by atoms with Crippen molar-refractivity contribution in [2.24, 2.45) is 5.73 Å². The first-order valence-corrected chi connectivity index (χ1v) is 6.79. The van der Waals surface area contributed by atoms with Gasteiger partial charge in [0, 0.05) is 19.0 Å². The molecule has 0 aromatic heterocycles. The Morgan fingerprint density at radius 2 is 2.00 bits per heavy atom. The molecule has 18 heavy (non-hydrogen) atoms. The Labute approximate surface area is 110 Å². The molecule has 0 saturated carbocycles. The molecule has 1 amide bonds. The normalized spacial score (nSPS) is 12.1. The highest BCUT2D eigenvalue weighted by molar-refractivity contribution is 5.76. The van der Waals surface area contributed by atoms with Gasteiger partial charge in [-0.1, -0.05) is 50.1 Å². The highest BCUT2D eigenvalue weighted by Crippen LogP contribution is 2.04. The number of carbonyl (C=O) groups excluding carboxylic acids is 1. The van der Waals surface area contributed by atoms with Gasteiger partial charge in [-0.15, -0.1) is 0 Å². The first-order chi connectivity index (χ1) is 8.76. The number of carbonyl (C=O) groups is 1. The second-order valence-electron chi connectivity index (χ2n) is 4.65. The van der Waals surface area contributed by atoms with Crippen LogP contribution in [0.4, 0.5) is 0 Å². The van der Waals surface area contributed by atoms with Gasteiger partial charge in [-0.2, -0.15) is 0 Å². The van der Waals surface area contributed by atoms with Gasteiger partial charge in [-0.05, 0) is 18.4 Å². The van der Waals surface area contributed by atoms with E-state index in [4.69, 9.17) is 5.73 Å². The maximum absolute atomic E-state index is 11.7. The zero-order valence-corrected chi connectivity index (χ0v) is 11.2. The second-order valence-corrected chi connectivity index (χ2v) is 4.65. The van der Waals surface area contributed by atoms with Gasteiger partial charge in [0.2, 0.25) is 5.91 Å². The number of hydrogen-bond donors (Lipinski definition) is 2. The highest BCUT2D eigenvalue weighted by atomic mass is 16.1. The molecule has 0 radical (unpaired) electrons. The molecule has 0 fully saturated rings. The van der Waals surface area contributed by atoms with Gasteiger partial charge in [0.15, 0.2) is 0 Å². The molecule has 0 aliphatic carbocycles. The third kappa shape index (κ3) is 5.82. The highest BCUT2D eigenvalue weighted by Gasteiger charge is 2.10. The molecule has 0 spiro atoms. The molecule has 3 nitrogen and oxygen atoms in total. The molecular formula is C15H24N2O. The minimum atomic E-state index is 0.0431. The molecule has 0 aliphatic heterocycles. The first-order valence-electron chi connectivity index (χ1n) is 6.79. The summed E-state index contributed by atoms with van der Waals surface area (Å²) in [5.74, 6) is 0.120. The lowest BCUT2D eigenvalue weighted by Crippen LogP contribution is -2.41. The third-order valence-electron chi connectivity index (χ3n) is 2.98. The zero-order valence-electron chi connectivity index (χ0n) is 11.2. The summed E-state index contributed by atoms with van der Waals surface area (Å²) in [5.41, 5.74) is 6.92. The van der Waals surface area contributed by atoms with Crippen LogP contribution in [0.5, 0.6) is 0 Å². The lowest BCUT2D eigenvalue weighted by atomic mass is 10.1. The predicted molar refractivity (Wildman–Crippen MR) is 75.3 cm³/mol. The van der Waals surface area contributed by atoms with Gasteiger partial charge in [0.25, 0.3) is 0 Å². The van der Waals surface area contributed by atoms with Gasteiger partial charge < -0.3 is 11.1 Å². The average Bonchev–Trinajstić information content (AvgIpc) is 2.39. The number of nitrogens with two attached hydrogens (primary N) is 1. The minimum Gasteiger partial charge on any atom is -0.352 e. The summed E-state index contributed by atoms with van der Waals surface area (Å²) in [4.78, 5) is 11.7. The van der Waals surface area contributed by atoms with E-state index >= 15 is 0 Å². The van der Waals surface area contributed by atoms with Crippen LogP contribution in [0.15, 0.2) is 30.3 Å². The lowest BCUT2D eigenvalue weighted by Gasteiger charge is -2.17. The van der Waals surface area contributed by atoms with E-state index in [0.29, 0.717) is 13.0 Å². The van der Waals surface area contributed by atoms with E-state index in [9.17, 15) is 4.79 Å². The van der Waals surface area contributed by atoms with Crippen molar-refractivity contribution in [2.45, 2.75) is 45.1 Å². The van der Waals surface area contributed by atoms with Crippen LogP contribution < -0.4 is 11.1 Å². The van der Waals surface area contributed by atoms with Crippen molar-refractivity contribution < 1.29 is 4.79 Å². The van der Waals surface area contributed by atoms with E-state index in [0.717, 1.165) is 25.7 Å². The molecule has 0 bridgehead atoms. The Bertz CT molecular complexity index is 338. The SMILES string of the molecule is CCCCCC(=O)NC(CN)Cc1ccccc1. The third-order valence-corrected chi connectivity index (χ3v) is 2.98. The molecule has 1 atom stereocenters. The minimum absolute atomic E-state index is 0.0431. The Balaban J connectivity index is 2.35. The first kappa shape index (κ1) is 14.7. The number of benzene rings is 1. The zero-order chi connectivity index (χ0) is 13.2. The van der Waals surface area contributed by atoms with Gasteiger partial charge >= 0.3 is 0 Å². The molecule has 0 heterocycles. The molecule has 3 N–H and O–H groups in total. The number of unbranched alkanes of at least 4 members (excludes halogenated alkanes) is 2. The van der Waals surface area contributed by atoms with Crippen molar-refractivity contribution in [3.8, 4) is 0 Å². The van der Waals surface area contributed by atoms with E-state index in [1.165, 1.54) is 5.56 Å². The van der Waals surface area contributed by atoms with Gasteiger partial charge in [-0.3, -0.25) is 4.79 Å². The smallest absolute Gasteiger partial charge is 0.220 e. The monoisotopic (exact) mass is 248 g/mol. The molecule has 0 aliphatic rings. The summed E-state index contributed by atoms with van der Waals surface area (Å²) < 4.78 is 0. The predicted octanol–water partition coefficient (Wildman–Crippen LogP) is 2.25. The average molecular weight is 248 g/mol. The molecule has 3 heteroatoms. The number of nitrogens with one attached hydrogen (secondary N) is 1. The van der Waals surface area contributed by atoms with E-state index in [-0.39, 0.29) is 11.9 Å². The topological polar surface area (TPSA) is 55.1 Å². The summed E-state index contributed by atoms with van der Waals surface area (Å²) in [7, 11) is 0. The Morgan fingerprint density at radius 3 is 2.61 bits per heavy atom. The molecule has 100 valence electrons. The van der Waals surface area contributed by atoms with Gasteiger partial charge in [0.05, 0.1) is 0 Å². The lowest BCUT2D eigenvalue weighted by molar-refractivity contribution is -0.121.